The number of hydrogen-bond acceptors (Lipinski definition) is 1. The van der Waals surface area contributed by atoms with Crippen molar-refractivity contribution < 1.29 is 4.74 Å². The third kappa shape index (κ3) is 3.50. The topological polar surface area (TPSA) is 9.23 Å². The zero-order valence-electron chi connectivity index (χ0n) is 11.7. The van der Waals surface area contributed by atoms with E-state index < -0.39 is 0 Å². The number of ether oxygens (including phenoxy) is 1. The first-order valence-electron chi connectivity index (χ1n) is 7.52. The highest BCUT2D eigenvalue weighted by molar-refractivity contribution is 4.98. The molecular weight excluding hydrogens is 208 g/mol. The second-order valence-corrected chi connectivity index (χ2v) is 6.40. The van der Waals surface area contributed by atoms with Gasteiger partial charge in [0.15, 0.2) is 0 Å². The van der Waals surface area contributed by atoms with Crippen LogP contribution >= 0.6 is 0 Å². The van der Waals surface area contributed by atoms with E-state index in [4.69, 9.17) is 4.74 Å². The monoisotopic (exact) mass is 236 g/mol. The molecule has 2 rings (SSSR count). The molecule has 1 saturated carbocycles. The normalized spacial score (nSPS) is 34.6. The summed E-state index contributed by atoms with van der Waals surface area (Å²) in [6.45, 7) is 7.08. The molecule has 98 valence electrons. The third-order valence-corrected chi connectivity index (χ3v) is 4.51. The Morgan fingerprint density at radius 3 is 2.71 bits per heavy atom. The van der Waals surface area contributed by atoms with Crippen molar-refractivity contribution in [3.05, 3.63) is 11.8 Å². The zero-order valence-corrected chi connectivity index (χ0v) is 11.7. The minimum atomic E-state index is 0.489. The van der Waals surface area contributed by atoms with Gasteiger partial charge in [0.05, 0.1) is 5.76 Å². The molecular formula is C16H28O. The molecule has 1 fully saturated rings. The molecule has 0 radical (unpaired) electrons. The van der Waals surface area contributed by atoms with Crippen LogP contribution < -0.4 is 0 Å². The molecule has 0 heterocycles. The van der Waals surface area contributed by atoms with Crippen LogP contribution in [-0.4, -0.2) is 6.10 Å². The van der Waals surface area contributed by atoms with Crippen molar-refractivity contribution >= 4 is 0 Å². The second-order valence-electron chi connectivity index (χ2n) is 6.40. The first-order valence-corrected chi connectivity index (χ1v) is 7.52. The summed E-state index contributed by atoms with van der Waals surface area (Å²) < 4.78 is 6.34. The smallest absolute Gasteiger partial charge is 0.101 e. The molecule has 1 heteroatoms. The van der Waals surface area contributed by atoms with E-state index in [2.05, 4.69) is 26.8 Å². The quantitative estimate of drug-likeness (QED) is 0.675. The van der Waals surface area contributed by atoms with Gasteiger partial charge in [-0.2, -0.15) is 0 Å². The molecule has 0 saturated heterocycles. The summed E-state index contributed by atoms with van der Waals surface area (Å²) in [7, 11) is 0. The summed E-state index contributed by atoms with van der Waals surface area (Å²) in [5, 5.41) is 0. The van der Waals surface area contributed by atoms with Crippen molar-refractivity contribution in [2.45, 2.75) is 71.8 Å². The fraction of sp³-hybridized carbons (Fsp3) is 0.875. The molecule has 17 heavy (non-hydrogen) atoms. The van der Waals surface area contributed by atoms with E-state index in [-0.39, 0.29) is 0 Å². The SMILES string of the molecule is CC(C)[C@H]1CC[C@H](C)C[C@@H]1OC1=CCCCC1. The predicted octanol–water partition coefficient (Wildman–Crippen LogP) is 4.92. The summed E-state index contributed by atoms with van der Waals surface area (Å²) in [6, 6.07) is 0. The van der Waals surface area contributed by atoms with E-state index in [0.29, 0.717) is 6.10 Å². The predicted molar refractivity (Wildman–Crippen MR) is 72.8 cm³/mol. The second kappa shape index (κ2) is 5.93. The van der Waals surface area contributed by atoms with Crippen LogP contribution in [0.2, 0.25) is 0 Å². The van der Waals surface area contributed by atoms with Gasteiger partial charge in [0, 0.05) is 6.42 Å². The highest BCUT2D eigenvalue weighted by Gasteiger charge is 2.32. The van der Waals surface area contributed by atoms with Crippen LogP contribution in [0.15, 0.2) is 11.8 Å². The van der Waals surface area contributed by atoms with Crippen molar-refractivity contribution in [3.8, 4) is 0 Å². The largest absolute Gasteiger partial charge is 0.495 e. The van der Waals surface area contributed by atoms with Gasteiger partial charge < -0.3 is 4.74 Å². The molecule has 0 bridgehead atoms. The van der Waals surface area contributed by atoms with Crippen molar-refractivity contribution in [1.29, 1.82) is 0 Å². The lowest BCUT2D eigenvalue weighted by Crippen LogP contribution is -2.34. The van der Waals surface area contributed by atoms with E-state index in [1.54, 1.807) is 0 Å². The molecule has 0 aromatic heterocycles. The Labute approximate surface area is 107 Å². The van der Waals surface area contributed by atoms with E-state index in [0.717, 1.165) is 17.8 Å². The van der Waals surface area contributed by atoms with Gasteiger partial charge in [0.1, 0.15) is 6.10 Å². The standard InChI is InChI=1S/C16H28O/c1-12(2)15-10-9-13(3)11-16(15)17-14-7-5-4-6-8-14/h7,12-13,15-16H,4-6,8-11H2,1-3H3/t13-,15+,16-/m0/s1. The van der Waals surface area contributed by atoms with Gasteiger partial charge in [-0.05, 0) is 55.9 Å². The minimum Gasteiger partial charge on any atom is -0.495 e. The average Bonchev–Trinajstić information content (AvgIpc) is 2.30. The summed E-state index contributed by atoms with van der Waals surface area (Å²) in [5.74, 6) is 3.67. The molecule has 3 atom stereocenters. The number of allylic oxidation sites excluding steroid dienone is 2. The number of hydrogen-bond donors (Lipinski definition) is 0. The van der Waals surface area contributed by atoms with Gasteiger partial charge in [-0.3, -0.25) is 0 Å². The number of rotatable bonds is 3. The maximum Gasteiger partial charge on any atom is 0.101 e. The average molecular weight is 236 g/mol. The van der Waals surface area contributed by atoms with E-state index >= 15 is 0 Å². The molecule has 2 aliphatic carbocycles. The Bertz CT molecular complexity index is 267. The van der Waals surface area contributed by atoms with Crippen LogP contribution in [0.1, 0.15) is 65.7 Å². The van der Waals surface area contributed by atoms with Gasteiger partial charge in [0.25, 0.3) is 0 Å². The zero-order chi connectivity index (χ0) is 12.3. The highest BCUT2D eigenvalue weighted by atomic mass is 16.5. The molecule has 0 aliphatic heterocycles. The Kier molecular flexibility index (Phi) is 4.53. The van der Waals surface area contributed by atoms with E-state index in [9.17, 15) is 0 Å². The van der Waals surface area contributed by atoms with Gasteiger partial charge in [-0.15, -0.1) is 0 Å². The summed E-state index contributed by atoms with van der Waals surface area (Å²) in [5.41, 5.74) is 0. The highest BCUT2D eigenvalue weighted by Crippen LogP contribution is 2.37. The van der Waals surface area contributed by atoms with Crippen molar-refractivity contribution in [3.63, 3.8) is 0 Å². The third-order valence-electron chi connectivity index (χ3n) is 4.51. The first-order chi connectivity index (χ1) is 8.16. The van der Waals surface area contributed by atoms with E-state index in [1.165, 1.54) is 50.7 Å². The lowest BCUT2D eigenvalue weighted by molar-refractivity contribution is -0.00603. The molecule has 2 aliphatic rings. The molecule has 0 aromatic rings. The fourth-order valence-corrected chi connectivity index (χ4v) is 3.36. The Hall–Kier alpha value is -0.460. The van der Waals surface area contributed by atoms with Crippen molar-refractivity contribution in [1.82, 2.24) is 0 Å². The molecule has 0 unspecified atom stereocenters. The fourth-order valence-electron chi connectivity index (χ4n) is 3.36. The van der Waals surface area contributed by atoms with Crippen molar-refractivity contribution in [2.24, 2.45) is 17.8 Å². The summed E-state index contributed by atoms with van der Waals surface area (Å²) in [6.07, 6.45) is 11.9. The maximum atomic E-state index is 6.34. The van der Waals surface area contributed by atoms with Crippen LogP contribution in [0.3, 0.4) is 0 Å². The van der Waals surface area contributed by atoms with Crippen LogP contribution in [0.25, 0.3) is 0 Å². The van der Waals surface area contributed by atoms with Gasteiger partial charge >= 0.3 is 0 Å². The molecule has 0 amide bonds. The molecule has 1 nitrogen and oxygen atoms in total. The van der Waals surface area contributed by atoms with Crippen LogP contribution in [0.4, 0.5) is 0 Å². The summed E-state index contributed by atoms with van der Waals surface area (Å²) in [4.78, 5) is 0. The first kappa shape index (κ1) is 13.0. The van der Waals surface area contributed by atoms with Gasteiger partial charge in [0.2, 0.25) is 0 Å². The molecule has 0 aromatic carbocycles. The maximum absolute atomic E-state index is 6.34. The van der Waals surface area contributed by atoms with Gasteiger partial charge in [-0.1, -0.05) is 27.2 Å². The minimum absolute atomic E-state index is 0.489. The molecule has 0 N–H and O–H groups in total. The Morgan fingerprint density at radius 2 is 2.06 bits per heavy atom. The van der Waals surface area contributed by atoms with Crippen LogP contribution in [0, 0.1) is 17.8 Å². The Morgan fingerprint density at radius 1 is 1.24 bits per heavy atom. The lowest BCUT2D eigenvalue weighted by atomic mass is 9.75. The van der Waals surface area contributed by atoms with Crippen LogP contribution in [0.5, 0.6) is 0 Å². The van der Waals surface area contributed by atoms with E-state index in [1.807, 2.05) is 0 Å². The molecule has 0 spiro atoms. The van der Waals surface area contributed by atoms with Crippen LogP contribution in [-0.2, 0) is 4.74 Å². The Balaban J connectivity index is 1.96. The summed E-state index contributed by atoms with van der Waals surface area (Å²) >= 11 is 0. The lowest BCUT2D eigenvalue weighted by Gasteiger charge is -2.38. The van der Waals surface area contributed by atoms with Crippen molar-refractivity contribution in [2.75, 3.05) is 0 Å². The van der Waals surface area contributed by atoms with Gasteiger partial charge in [-0.25, -0.2) is 0 Å².